The molecular formula is C17H17FN2O2. The third kappa shape index (κ3) is 3.26. The molecule has 2 aromatic rings. The summed E-state index contributed by atoms with van der Waals surface area (Å²) in [5.74, 6) is -0.327. The van der Waals surface area contributed by atoms with Gasteiger partial charge < -0.3 is 15.0 Å². The molecule has 1 N–H and O–H groups in total. The summed E-state index contributed by atoms with van der Waals surface area (Å²) in [4.78, 5) is 14.3. The van der Waals surface area contributed by atoms with Crippen molar-refractivity contribution in [1.82, 2.24) is 4.90 Å². The number of amides is 2. The standard InChI is InChI=1S/C17H17FN2O2/c18-14-6-8-15(9-7-14)19-17(21)20-10-11-22-12-16(20)13-4-2-1-3-5-13/h1-9,16H,10-12H2,(H,19,21). The van der Waals surface area contributed by atoms with E-state index >= 15 is 0 Å². The van der Waals surface area contributed by atoms with Gasteiger partial charge in [0.25, 0.3) is 0 Å². The number of halogens is 1. The van der Waals surface area contributed by atoms with Crippen molar-refractivity contribution in [1.29, 1.82) is 0 Å². The predicted octanol–water partition coefficient (Wildman–Crippen LogP) is 3.43. The Kier molecular flexibility index (Phi) is 4.34. The maximum Gasteiger partial charge on any atom is 0.322 e. The van der Waals surface area contributed by atoms with E-state index in [-0.39, 0.29) is 17.9 Å². The van der Waals surface area contributed by atoms with Gasteiger partial charge in [0, 0.05) is 12.2 Å². The highest BCUT2D eigenvalue weighted by atomic mass is 19.1. The summed E-state index contributed by atoms with van der Waals surface area (Å²) in [6, 6.07) is 15.2. The third-order valence-corrected chi connectivity index (χ3v) is 3.67. The molecule has 5 heteroatoms. The molecule has 1 heterocycles. The first-order valence-electron chi connectivity index (χ1n) is 7.20. The molecule has 1 atom stereocenters. The largest absolute Gasteiger partial charge is 0.377 e. The molecule has 2 aromatic carbocycles. The van der Waals surface area contributed by atoms with Gasteiger partial charge in [0.15, 0.2) is 0 Å². The number of nitrogens with one attached hydrogen (secondary N) is 1. The Morgan fingerprint density at radius 3 is 2.59 bits per heavy atom. The summed E-state index contributed by atoms with van der Waals surface area (Å²) >= 11 is 0. The SMILES string of the molecule is O=C(Nc1ccc(F)cc1)N1CCOCC1c1ccccc1. The summed E-state index contributed by atoms with van der Waals surface area (Å²) in [6.07, 6.45) is 0. The topological polar surface area (TPSA) is 41.6 Å². The molecule has 2 amide bonds. The lowest BCUT2D eigenvalue weighted by atomic mass is 10.1. The first-order valence-corrected chi connectivity index (χ1v) is 7.20. The Bertz CT molecular complexity index is 631. The second-order valence-corrected chi connectivity index (χ2v) is 5.13. The summed E-state index contributed by atoms with van der Waals surface area (Å²) in [7, 11) is 0. The fourth-order valence-corrected chi connectivity index (χ4v) is 2.53. The molecule has 1 unspecified atom stereocenters. The number of anilines is 1. The fourth-order valence-electron chi connectivity index (χ4n) is 2.53. The van der Waals surface area contributed by atoms with Gasteiger partial charge in [0.1, 0.15) is 5.82 Å². The lowest BCUT2D eigenvalue weighted by Crippen LogP contribution is -2.45. The van der Waals surface area contributed by atoms with E-state index in [2.05, 4.69) is 5.32 Å². The predicted molar refractivity (Wildman–Crippen MR) is 82.1 cm³/mol. The van der Waals surface area contributed by atoms with Gasteiger partial charge in [-0.15, -0.1) is 0 Å². The molecule has 0 saturated carbocycles. The molecule has 3 rings (SSSR count). The fraction of sp³-hybridized carbons (Fsp3) is 0.235. The normalized spacial score (nSPS) is 18.0. The van der Waals surface area contributed by atoms with Crippen LogP contribution in [0, 0.1) is 5.82 Å². The molecule has 22 heavy (non-hydrogen) atoms. The smallest absolute Gasteiger partial charge is 0.322 e. The number of rotatable bonds is 2. The van der Waals surface area contributed by atoms with Crippen LogP contribution in [0.1, 0.15) is 11.6 Å². The van der Waals surface area contributed by atoms with Crippen LogP contribution in [0.25, 0.3) is 0 Å². The zero-order valence-electron chi connectivity index (χ0n) is 12.0. The molecule has 4 nitrogen and oxygen atoms in total. The van der Waals surface area contributed by atoms with Crippen molar-refractivity contribution in [2.45, 2.75) is 6.04 Å². The minimum atomic E-state index is -0.327. The number of hydrogen-bond donors (Lipinski definition) is 1. The summed E-state index contributed by atoms with van der Waals surface area (Å²) < 4.78 is 18.4. The van der Waals surface area contributed by atoms with E-state index in [0.717, 1.165) is 5.56 Å². The van der Waals surface area contributed by atoms with Crippen molar-refractivity contribution in [3.8, 4) is 0 Å². The van der Waals surface area contributed by atoms with Crippen LogP contribution < -0.4 is 5.32 Å². The van der Waals surface area contributed by atoms with E-state index in [1.54, 1.807) is 17.0 Å². The number of benzene rings is 2. The number of morpholine rings is 1. The van der Waals surface area contributed by atoms with E-state index < -0.39 is 0 Å². The van der Waals surface area contributed by atoms with Crippen molar-refractivity contribution in [2.75, 3.05) is 25.1 Å². The minimum Gasteiger partial charge on any atom is -0.377 e. The molecule has 1 fully saturated rings. The molecule has 0 spiro atoms. The number of carbonyl (C=O) groups is 1. The van der Waals surface area contributed by atoms with Crippen LogP contribution in [-0.2, 0) is 4.74 Å². The van der Waals surface area contributed by atoms with E-state index in [4.69, 9.17) is 4.74 Å². The molecule has 1 aliphatic rings. The maximum atomic E-state index is 12.9. The van der Waals surface area contributed by atoms with Crippen molar-refractivity contribution in [3.63, 3.8) is 0 Å². The summed E-state index contributed by atoms with van der Waals surface area (Å²) in [5, 5.41) is 2.80. The monoisotopic (exact) mass is 300 g/mol. The van der Waals surface area contributed by atoms with Gasteiger partial charge in [-0.05, 0) is 29.8 Å². The average Bonchev–Trinajstić information content (AvgIpc) is 2.58. The van der Waals surface area contributed by atoms with E-state index in [9.17, 15) is 9.18 Å². The molecule has 0 radical (unpaired) electrons. The molecule has 0 bridgehead atoms. The average molecular weight is 300 g/mol. The lowest BCUT2D eigenvalue weighted by molar-refractivity contribution is 0.0148. The molecule has 0 aliphatic carbocycles. The number of nitrogens with zero attached hydrogens (tertiary/aromatic N) is 1. The Morgan fingerprint density at radius 2 is 1.86 bits per heavy atom. The summed E-state index contributed by atoms with van der Waals surface area (Å²) in [6.45, 7) is 1.51. The third-order valence-electron chi connectivity index (χ3n) is 3.67. The second-order valence-electron chi connectivity index (χ2n) is 5.13. The van der Waals surface area contributed by atoms with E-state index in [1.807, 2.05) is 30.3 Å². The van der Waals surface area contributed by atoms with Crippen molar-refractivity contribution in [3.05, 3.63) is 66.0 Å². The van der Waals surface area contributed by atoms with Gasteiger partial charge >= 0.3 is 6.03 Å². The van der Waals surface area contributed by atoms with Gasteiger partial charge in [0.2, 0.25) is 0 Å². The maximum absolute atomic E-state index is 12.9. The second kappa shape index (κ2) is 6.58. The van der Waals surface area contributed by atoms with Crippen LogP contribution in [0.15, 0.2) is 54.6 Å². The number of urea groups is 1. The zero-order valence-corrected chi connectivity index (χ0v) is 12.0. The molecule has 0 aromatic heterocycles. The van der Waals surface area contributed by atoms with Crippen LogP contribution in [0.3, 0.4) is 0 Å². The highest BCUT2D eigenvalue weighted by molar-refractivity contribution is 5.89. The number of hydrogen-bond acceptors (Lipinski definition) is 2. The van der Waals surface area contributed by atoms with E-state index in [1.165, 1.54) is 12.1 Å². The summed E-state index contributed by atoms with van der Waals surface area (Å²) in [5.41, 5.74) is 1.61. The lowest BCUT2D eigenvalue weighted by Gasteiger charge is -2.35. The first kappa shape index (κ1) is 14.5. The highest BCUT2D eigenvalue weighted by Crippen LogP contribution is 2.24. The molecule has 114 valence electrons. The highest BCUT2D eigenvalue weighted by Gasteiger charge is 2.28. The van der Waals surface area contributed by atoms with Crippen LogP contribution in [0.5, 0.6) is 0 Å². The van der Waals surface area contributed by atoms with Crippen molar-refractivity contribution >= 4 is 11.7 Å². The number of ether oxygens (including phenoxy) is 1. The molecule has 1 saturated heterocycles. The van der Waals surface area contributed by atoms with Gasteiger partial charge in [-0.2, -0.15) is 0 Å². The zero-order chi connectivity index (χ0) is 15.4. The van der Waals surface area contributed by atoms with Gasteiger partial charge in [0.05, 0.1) is 19.3 Å². The Hall–Kier alpha value is -2.40. The van der Waals surface area contributed by atoms with Crippen molar-refractivity contribution < 1.29 is 13.9 Å². The molecular weight excluding hydrogens is 283 g/mol. The van der Waals surface area contributed by atoms with Crippen LogP contribution in [0.4, 0.5) is 14.9 Å². The van der Waals surface area contributed by atoms with E-state index in [0.29, 0.717) is 25.4 Å². The van der Waals surface area contributed by atoms with Crippen LogP contribution in [0.2, 0.25) is 0 Å². The quantitative estimate of drug-likeness (QED) is 0.923. The van der Waals surface area contributed by atoms with Gasteiger partial charge in [-0.25, -0.2) is 9.18 Å². The van der Waals surface area contributed by atoms with Crippen LogP contribution in [-0.4, -0.2) is 30.7 Å². The molecule has 1 aliphatic heterocycles. The number of carbonyl (C=O) groups excluding carboxylic acids is 1. The van der Waals surface area contributed by atoms with Gasteiger partial charge in [-0.1, -0.05) is 30.3 Å². The Labute approximate surface area is 128 Å². The van der Waals surface area contributed by atoms with Crippen LogP contribution >= 0.6 is 0 Å². The Morgan fingerprint density at radius 1 is 1.14 bits per heavy atom. The van der Waals surface area contributed by atoms with Crippen molar-refractivity contribution in [2.24, 2.45) is 0 Å². The minimum absolute atomic E-state index is 0.115. The first-order chi connectivity index (χ1) is 10.7. The van der Waals surface area contributed by atoms with Gasteiger partial charge in [-0.3, -0.25) is 0 Å². The Balaban J connectivity index is 1.75.